The van der Waals surface area contributed by atoms with Crippen molar-refractivity contribution in [2.45, 2.75) is 25.8 Å². The van der Waals surface area contributed by atoms with Gasteiger partial charge in [-0.05, 0) is 44.0 Å². The highest BCUT2D eigenvalue weighted by Gasteiger charge is 2.23. The molecule has 24 heavy (non-hydrogen) atoms. The lowest BCUT2D eigenvalue weighted by Crippen LogP contribution is -2.37. The Bertz CT molecular complexity index is 751. The van der Waals surface area contributed by atoms with E-state index in [1.165, 1.54) is 11.3 Å². The highest BCUT2D eigenvalue weighted by molar-refractivity contribution is 7.17. The standard InChI is InChI=1S/C17H19N3O3S/c1-10-15(16(22)18-9-14(21)20-12-5-6-12)24-17(19-10)11-3-7-13(23-2)8-4-11/h3-4,7-8,12H,5-6,9H2,1-2H3,(H,18,22)(H,20,21). The number of rotatable bonds is 6. The summed E-state index contributed by atoms with van der Waals surface area (Å²) >= 11 is 1.32. The molecule has 0 atom stereocenters. The predicted octanol–water partition coefficient (Wildman–Crippen LogP) is 2.14. The summed E-state index contributed by atoms with van der Waals surface area (Å²) in [7, 11) is 1.62. The molecule has 0 radical (unpaired) electrons. The van der Waals surface area contributed by atoms with Crippen LogP contribution in [-0.2, 0) is 4.79 Å². The van der Waals surface area contributed by atoms with E-state index in [1.807, 2.05) is 24.3 Å². The second kappa shape index (κ2) is 7.00. The van der Waals surface area contributed by atoms with Crippen LogP contribution < -0.4 is 15.4 Å². The Hall–Kier alpha value is -2.41. The van der Waals surface area contributed by atoms with E-state index in [0.29, 0.717) is 16.6 Å². The van der Waals surface area contributed by atoms with Crippen molar-refractivity contribution in [1.82, 2.24) is 15.6 Å². The number of nitrogens with one attached hydrogen (secondary N) is 2. The lowest BCUT2D eigenvalue weighted by Gasteiger charge is -2.04. The highest BCUT2D eigenvalue weighted by Crippen LogP contribution is 2.29. The fourth-order valence-corrected chi connectivity index (χ4v) is 3.20. The van der Waals surface area contributed by atoms with Crippen molar-refractivity contribution < 1.29 is 14.3 Å². The van der Waals surface area contributed by atoms with Crippen LogP contribution in [0.2, 0.25) is 0 Å². The van der Waals surface area contributed by atoms with Crippen LogP contribution in [0.1, 0.15) is 28.2 Å². The molecule has 3 rings (SSSR count). The van der Waals surface area contributed by atoms with E-state index >= 15 is 0 Å². The van der Waals surface area contributed by atoms with Crippen molar-refractivity contribution in [2.75, 3.05) is 13.7 Å². The second-order valence-electron chi connectivity index (χ2n) is 5.69. The zero-order valence-electron chi connectivity index (χ0n) is 13.6. The maximum Gasteiger partial charge on any atom is 0.263 e. The van der Waals surface area contributed by atoms with Gasteiger partial charge in [0.05, 0.1) is 19.3 Å². The van der Waals surface area contributed by atoms with Crippen molar-refractivity contribution in [2.24, 2.45) is 0 Å². The normalized spacial score (nSPS) is 13.4. The molecular formula is C17H19N3O3S. The van der Waals surface area contributed by atoms with Crippen molar-refractivity contribution in [3.05, 3.63) is 34.8 Å². The first-order chi connectivity index (χ1) is 11.6. The van der Waals surface area contributed by atoms with Crippen LogP contribution in [-0.4, -0.2) is 36.5 Å². The maximum atomic E-state index is 12.3. The molecule has 0 bridgehead atoms. The summed E-state index contributed by atoms with van der Waals surface area (Å²) in [6.07, 6.45) is 2.05. The molecule has 1 heterocycles. The van der Waals surface area contributed by atoms with Crippen molar-refractivity contribution in [3.63, 3.8) is 0 Å². The zero-order valence-corrected chi connectivity index (χ0v) is 14.4. The molecule has 1 aliphatic rings. The van der Waals surface area contributed by atoms with Crippen LogP contribution in [0.5, 0.6) is 5.75 Å². The third-order valence-electron chi connectivity index (χ3n) is 3.69. The molecule has 2 aromatic rings. The average molecular weight is 345 g/mol. The minimum atomic E-state index is -0.268. The molecule has 1 aromatic heterocycles. The number of hydrogen-bond acceptors (Lipinski definition) is 5. The number of aromatic nitrogens is 1. The molecule has 1 fully saturated rings. The Labute approximate surface area is 144 Å². The molecule has 6 nitrogen and oxygen atoms in total. The number of aryl methyl sites for hydroxylation is 1. The number of carbonyl (C=O) groups is 2. The van der Waals surface area contributed by atoms with Gasteiger partial charge in [0.2, 0.25) is 5.91 Å². The number of amides is 2. The number of carbonyl (C=O) groups excluding carboxylic acids is 2. The molecule has 1 aromatic carbocycles. The topological polar surface area (TPSA) is 80.3 Å². The fourth-order valence-electron chi connectivity index (χ4n) is 2.21. The lowest BCUT2D eigenvalue weighted by atomic mass is 10.2. The van der Waals surface area contributed by atoms with Crippen LogP contribution in [0, 0.1) is 6.92 Å². The first kappa shape index (κ1) is 16.4. The second-order valence-corrected chi connectivity index (χ2v) is 6.69. The van der Waals surface area contributed by atoms with Gasteiger partial charge in [-0.15, -0.1) is 11.3 Å². The summed E-state index contributed by atoms with van der Waals surface area (Å²) in [6, 6.07) is 7.81. The maximum absolute atomic E-state index is 12.3. The van der Waals surface area contributed by atoms with Crippen molar-refractivity contribution in [3.8, 4) is 16.3 Å². The van der Waals surface area contributed by atoms with Crippen molar-refractivity contribution in [1.29, 1.82) is 0 Å². The average Bonchev–Trinajstić information content (AvgIpc) is 3.31. The van der Waals surface area contributed by atoms with Crippen LogP contribution >= 0.6 is 11.3 Å². The largest absolute Gasteiger partial charge is 0.497 e. The van der Waals surface area contributed by atoms with Crippen LogP contribution in [0.4, 0.5) is 0 Å². The van der Waals surface area contributed by atoms with Crippen LogP contribution in [0.25, 0.3) is 10.6 Å². The molecule has 2 amide bonds. The minimum absolute atomic E-state index is 0.00938. The van der Waals surface area contributed by atoms with Gasteiger partial charge in [0.15, 0.2) is 0 Å². The summed E-state index contributed by atoms with van der Waals surface area (Å²) in [5, 5.41) is 6.26. The molecule has 2 N–H and O–H groups in total. The molecule has 126 valence electrons. The van der Waals surface area contributed by atoms with Gasteiger partial charge in [-0.25, -0.2) is 4.98 Å². The molecule has 0 saturated heterocycles. The predicted molar refractivity (Wildman–Crippen MR) is 92.3 cm³/mol. The molecule has 0 spiro atoms. The highest BCUT2D eigenvalue weighted by atomic mass is 32.1. The van der Waals surface area contributed by atoms with E-state index in [1.54, 1.807) is 14.0 Å². The first-order valence-corrected chi connectivity index (χ1v) is 8.58. The Morgan fingerprint density at radius 3 is 2.62 bits per heavy atom. The summed E-state index contributed by atoms with van der Waals surface area (Å²) in [4.78, 5) is 28.9. The first-order valence-electron chi connectivity index (χ1n) is 7.76. The van der Waals surface area contributed by atoms with Crippen LogP contribution in [0.3, 0.4) is 0 Å². The van der Waals surface area contributed by atoms with Gasteiger partial charge in [0, 0.05) is 11.6 Å². The SMILES string of the molecule is COc1ccc(-c2nc(C)c(C(=O)NCC(=O)NC3CC3)s2)cc1. The van der Waals surface area contributed by atoms with Gasteiger partial charge < -0.3 is 15.4 Å². The van der Waals surface area contributed by atoms with Gasteiger partial charge in [-0.3, -0.25) is 9.59 Å². The van der Waals surface area contributed by atoms with E-state index < -0.39 is 0 Å². The third kappa shape index (κ3) is 3.91. The molecule has 1 saturated carbocycles. The number of hydrogen-bond donors (Lipinski definition) is 2. The zero-order chi connectivity index (χ0) is 17.1. The van der Waals surface area contributed by atoms with Gasteiger partial charge in [0.25, 0.3) is 5.91 Å². The minimum Gasteiger partial charge on any atom is -0.497 e. The summed E-state index contributed by atoms with van der Waals surface area (Å²) in [6.45, 7) is 1.78. The number of ether oxygens (including phenoxy) is 1. The molecule has 0 aliphatic heterocycles. The summed E-state index contributed by atoms with van der Waals surface area (Å²) in [5.41, 5.74) is 1.58. The van der Waals surface area contributed by atoms with E-state index in [9.17, 15) is 9.59 Å². The monoisotopic (exact) mass is 345 g/mol. The third-order valence-corrected chi connectivity index (χ3v) is 4.90. The van der Waals surface area contributed by atoms with Gasteiger partial charge >= 0.3 is 0 Å². The van der Waals surface area contributed by atoms with Crippen LogP contribution in [0.15, 0.2) is 24.3 Å². The van der Waals surface area contributed by atoms with Gasteiger partial charge in [-0.1, -0.05) is 0 Å². The van der Waals surface area contributed by atoms with Crippen molar-refractivity contribution >= 4 is 23.2 Å². The van der Waals surface area contributed by atoms with E-state index in [-0.39, 0.29) is 18.4 Å². The lowest BCUT2D eigenvalue weighted by molar-refractivity contribution is -0.120. The van der Waals surface area contributed by atoms with E-state index in [4.69, 9.17) is 4.74 Å². The summed E-state index contributed by atoms with van der Waals surface area (Å²) in [5.74, 6) is 0.353. The summed E-state index contributed by atoms with van der Waals surface area (Å²) < 4.78 is 5.14. The van der Waals surface area contributed by atoms with E-state index in [2.05, 4.69) is 15.6 Å². The smallest absolute Gasteiger partial charge is 0.263 e. The van der Waals surface area contributed by atoms with Gasteiger partial charge in [0.1, 0.15) is 15.6 Å². The van der Waals surface area contributed by atoms with E-state index in [0.717, 1.165) is 29.2 Å². The fraction of sp³-hybridized carbons (Fsp3) is 0.353. The number of benzene rings is 1. The Morgan fingerprint density at radius 2 is 2.00 bits per heavy atom. The number of methoxy groups -OCH3 is 1. The van der Waals surface area contributed by atoms with Gasteiger partial charge in [-0.2, -0.15) is 0 Å². The quantitative estimate of drug-likeness (QED) is 0.840. The Morgan fingerprint density at radius 1 is 1.29 bits per heavy atom. The number of nitrogens with zero attached hydrogens (tertiary/aromatic N) is 1. The Kier molecular flexibility index (Phi) is 4.80. The Balaban J connectivity index is 1.65. The molecule has 1 aliphatic carbocycles. The molecule has 7 heteroatoms. The molecular weight excluding hydrogens is 326 g/mol. The number of thiazole rings is 1. The molecule has 0 unspecified atom stereocenters.